The number of aromatic nitrogens is 1. The first kappa shape index (κ1) is 17.5. The Bertz CT molecular complexity index is 919. The lowest BCUT2D eigenvalue weighted by Crippen LogP contribution is -2.37. The van der Waals surface area contributed by atoms with Gasteiger partial charge in [-0.25, -0.2) is 4.98 Å². The van der Waals surface area contributed by atoms with Gasteiger partial charge in [0.25, 0.3) is 5.91 Å². The van der Waals surface area contributed by atoms with E-state index in [2.05, 4.69) is 11.0 Å². The van der Waals surface area contributed by atoms with Crippen LogP contribution in [0.25, 0.3) is 17.0 Å². The summed E-state index contributed by atoms with van der Waals surface area (Å²) < 4.78 is 5.46. The second kappa shape index (κ2) is 7.77. The number of ether oxygens (including phenoxy) is 1. The van der Waals surface area contributed by atoms with E-state index in [0.29, 0.717) is 13.2 Å². The number of carbonyl (C=O) groups excluding carboxylic acids is 1. The van der Waals surface area contributed by atoms with Gasteiger partial charge >= 0.3 is 0 Å². The molecule has 1 amide bonds. The average Bonchev–Trinajstić information content (AvgIpc) is 3.26. The van der Waals surface area contributed by atoms with Crippen LogP contribution in [0, 0.1) is 11.3 Å². The van der Waals surface area contributed by atoms with Crippen molar-refractivity contribution in [1.29, 1.82) is 5.26 Å². The molecule has 2 fully saturated rings. The fourth-order valence-corrected chi connectivity index (χ4v) is 3.64. The van der Waals surface area contributed by atoms with E-state index in [1.54, 1.807) is 11.0 Å². The molecule has 2 aromatic rings. The molecule has 27 heavy (non-hydrogen) atoms. The summed E-state index contributed by atoms with van der Waals surface area (Å²) in [4.78, 5) is 21.5. The van der Waals surface area contributed by atoms with E-state index in [1.807, 2.05) is 30.3 Å². The van der Waals surface area contributed by atoms with E-state index >= 15 is 0 Å². The van der Waals surface area contributed by atoms with E-state index in [-0.39, 0.29) is 11.5 Å². The minimum atomic E-state index is -0.184. The molecule has 2 aliphatic rings. The summed E-state index contributed by atoms with van der Waals surface area (Å²) in [7, 11) is 0. The summed E-state index contributed by atoms with van der Waals surface area (Å²) in [6, 6.07) is 12.0. The van der Waals surface area contributed by atoms with Crippen LogP contribution in [0.3, 0.4) is 0 Å². The third kappa shape index (κ3) is 3.64. The molecular formula is C21H22N4O2. The Morgan fingerprint density at radius 1 is 1.15 bits per heavy atom. The van der Waals surface area contributed by atoms with Crippen LogP contribution in [0.1, 0.15) is 18.4 Å². The van der Waals surface area contributed by atoms with Crippen LogP contribution in [0.5, 0.6) is 0 Å². The van der Waals surface area contributed by atoms with Crippen molar-refractivity contribution < 1.29 is 9.53 Å². The Labute approximate surface area is 158 Å². The number of morpholine rings is 1. The molecule has 3 heterocycles. The molecule has 2 saturated heterocycles. The minimum absolute atomic E-state index is 0.170. The highest BCUT2D eigenvalue weighted by Crippen LogP contribution is 2.27. The van der Waals surface area contributed by atoms with E-state index in [0.717, 1.165) is 61.3 Å². The number of likely N-dealkylation sites (tertiary alicyclic amines) is 1. The number of amides is 1. The summed E-state index contributed by atoms with van der Waals surface area (Å²) in [5.74, 6) is 0.620. The molecule has 0 radical (unpaired) electrons. The molecule has 0 aliphatic carbocycles. The maximum absolute atomic E-state index is 12.7. The first-order valence-corrected chi connectivity index (χ1v) is 9.40. The lowest BCUT2D eigenvalue weighted by molar-refractivity contribution is -0.125. The van der Waals surface area contributed by atoms with Crippen molar-refractivity contribution in [3.63, 3.8) is 0 Å². The second-order valence-electron chi connectivity index (χ2n) is 6.86. The van der Waals surface area contributed by atoms with Crippen LogP contribution in [0.2, 0.25) is 0 Å². The van der Waals surface area contributed by atoms with E-state index in [1.165, 1.54) is 0 Å². The molecule has 0 unspecified atom stereocenters. The van der Waals surface area contributed by atoms with Crippen molar-refractivity contribution >= 4 is 28.7 Å². The number of rotatable bonds is 3. The smallest absolute Gasteiger partial charge is 0.264 e. The summed E-state index contributed by atoms with van der Waals surface area (Å²) >= 11 is 0. The third-order valence-corrected chi connectivity index (χ3v) is 5.09. The van der Waals surface area contributed by atoms with Crippen molar-refractivity contribution in [2.75, 3.05) is 44.3 Å². The van der Waals surface area contributed by atoms with Crippen LogP contribution in [0.4, 0.5) is 5.82 Å². The van der Waals surface area contributed by atoms with Gasteiger partial charge in [-0.1, -0.05) is 18.2 Å². The Morgan fingerprint density at radius 2 is 1.89 bits per heavy atom. The van der Waals surface area contributed by atoms with E-state index < -0.39 is 0 Å². The van der Waals surface area contributed by atoms with Gasteiger partial charge in [0.2, 0.25) is 0 Å². The molecule has 4 rings (SSSR count). The average molecular weight is 362 g/mol. The van der Waals surface area contributed by atoms with Gasteiger partial charge in [0, 0.05) is 37.1 Å². The zero-order valence-corrected chi connectivity index (χ0v) is 15.2. The van der Waals surface area contributed by atoms with Crippen molar-refractivity contribution in [3.8, 4) is 6.07 Å². The first-order valence-electron chi connectivity index (χ1n) is 9.40. The van der Waals surface area contributed by atoms with Crippen LogP contribution < -0.4 is 4.90 Å². The fourth-order valence-electron chi connectivity index (χ4n) is 3.64. The quantitative estimate of drug-likeness (QED) is 0.620. The maximum atomic E-state index is 12.7. The lowest BCUT2D eigenvalue weighted by Gasteiger charge is -2.29. The number of nitriles is 1. The van der Waals surface area contributed by atoms with Gasteiger partial charge in [0.05, 0.1) is 18.7 Å². The summed E-state index contributed by atoms with van der Waals surface area (Å²) in [6.07, 6.45) is 3.70. The van der Waals surface area contributed by atoms with Crippen molar-refractivity contribution in [1.82, 2.24) is 9.88 Å². The van der Waals surface area contributed by atoms with Crippen molar-refractivity contribution in [2.45, 2.75) is 12.8 Å². The van der Waals surface area contributed by atoms with Gasteiger partial charge in [-0.15, -0.1) is 0 Å². The topological polar surface area (TPSA) is 69.5 Å². The SMILES string of the molecule is N#C/C(=C\c1cc2ccccc2nc1N1CCOCC1)C(=O)N1CCCC1. The van der Waals surface area contributed by atoms with Crippen molar-refractivity contribution in [2.24, 2.45) is 0 Å². The molecule has 138 valence electrons. The monoisotopic (exact) mass is 362 g/mol. The predicted octanol–water partition coefficient (Wildman–Crippen LogP) is 2.60. The third-order valence-electron chi connectivity index (χ3n) is 5.09. The molecule has 1 aromatic carbocycles. The number of fused-ring (bicyclic) bond motifs is 1. The molecule has 0 atom stereocenters. The van der Waals surface area contributed by atoms with Gasteiger partial charge in [-0.05, 0) is 31.1 Å². The minimum Gasteiger partial charge on any atom is -0.378 e. The summed E-state index contributed by atoms with van der Waals surface area (Å²) in [5.41, 5.74) is 1.88. The normalized spacial score (nSPS) is 18.0. The van der Waals surface area contributed by atoms with Crippen LogP contribution >= 0.6 is 0 Å². The molecule has 0 bridgehead atoms. The molecule has 0 saturated carbocycles. The number of pyridine rings is 1. The Kier molecular flexibility index (Phi) is 5.03. The highest BCUT2D eigenvalue weighted by molar-refractivity contribution is 6.03. The number of hydrogen-bond acceptors (Lipinski definition) is 5. The maximum Gasteiger partial charge on any atom is 0.264 e. The standard InChI is InChI=1S/C21H22N4O2/c22-15-18(21(26)25-7-3-4-8-25)14-17-13-16-5-1-2-6-19(16)23-20(17)24-9-11-27-12-10-24/h1-2,5-6,13-14H,3-4,7-12H2/b18-14+. The van der Waals surface area contributed by atoms with E-state index in [4.69, 9.17) is 9.72 Å². The first-order chi connectivity index (χ1) is 13.3. The zero-order valence-electron chi connectivity index (χ0n) is 15.2. The Hall–Kier alpha value is -2.91. The van der Waals surface area contributed by atoms with Gasteiger partial charge in [-0.3, -0.25) is 4.79 Å². The molecule has 0 spiro atoms. The van der Waals surface area contributed by atoms with Gasteiger partial charge in [-0.2, -0.15) is 5.26 Å². The highest BCUT2D eigenvalue weighted by atomic mass is 16.5. The number of carbonyl (C=O) groups is 1. The largest absolute Gasteiger partial charge is 0.378 e. The highest BCUT2D eigenvalue weighted by Gasteiger charge is 2.23. The number of benzene rings is 1. The van der Waals surface area contributed by atoms with Crippen LogP contribution in [-0.4, -0.2) is 55.2 Å². The van der Waals surface area contributed by atoms with E-state index in [9.17, 15) is 10.1 Å². The number of para-hydroxylation sites is 1. The van der Waals surface area contributed by atoms with Gasteiger partial charge < -0.3 is 14.5 Å². The molecule has 0 N–H and O–H groups in total. The predicted molar refractivity (Wildman–Crippen MR) is 104 cm³/mol. The van der Waals surface area contributed by atoms with Crippen LogP contribution in [0.15, 0.2) is 35.9 Å². The number of nitrogens with zero attached hydrogens (tertiary/aromatic N) is 4. The van der Waals surface area contributed by atoms with Crippen molar-refractivity contribution in [3.05, 3.63) is 41.5 Å². The lowest BCUT2D eigenvalue weighted by atomic mass is 10.1. The summed E-state index contributed by atoms with van der Waals surface area (Å²) in [6.45, 7) is 4.24. The zero-order chi connectivity index (χ0) is 18.6. The summed E-state index contributed by atoms with van der Waals surface area (Å²) in [5, 5.41) is 10.6. The molecule has 6 heteroatoms. The second-order valence-corrected chi connectivity index (χ2v) is 6.86. The molecule has 2 aliphatic heterocycles. The van der Waals surface area contributed by atoms with Gasteiger partial charge in [0.1, 0.15) is 17.5 Å². The molecule has 6 nitrogen and oxygen atoms in total. The molecule has 1 aromatic heterocycles. The number of anilines is 1. The van der Waals surface area contributed by atoms with Crippen LogP contribution in [-0.2, 0) is 9.53 Å². The number of hydrogen-bond donors (Lipinski definition) is 0. The Morgan fingerprint density at radius 3 is 2.63 bits per heavy atom. The van der Waals surface area contributed by atoms with Gasteiger partial charge in [0.15, 0.2) is 0 Å². The fraction of sp³-hybridized carbons (Fsp3) is 0.381. The molecular weight excluding hydrogens is 340 g/mol. The Balaban J connectivity index is 1.78.